The molecule has 0 spiro atoms. The van der Waals surface area contributed by atoms with Crippen LogP contribution in [-0.4, -0.2) is 74.4 Å². The number of morpholine rings is 1. The van der Waals surface area contributed by atoms with Crippen LogP contribution in [0.3, 0.4) is 0 Å². The second-order valence-corrected chi connectivity index (χ2v) is 6.95. The van der Waals surface area contributed by atoms with Crippen molar-refractivity contribution in [1.82, 2.24) is 14.9 Å². The molecule has 0 aromatic carbocycles. The molecule has 0 saturated carbocycles. The molecule has 2 aliphatic rings. The minimum absolute atomic E-state index is 0.351. The van der Waals surface area contributed by atoms with Crippen molar-refractivity contribution in [3.8, 4) is 0 Å². The summed E-state index contributed by atoms with van der Waals surface area (Å²) in [5.41, 5.74) is 0. The smallest absolute Gasteiger partial charge is 0.227 e. The first kappa shape index (κ1) is 17.4. The first-order valence-corrected chi connectivity index (χ1v) is 8.83. The molecule has 1 aromatic heterocycles. The van der Waals surface area contributed by atoms with Crippen molar-refractivity contribution in [2.24, 2.45) is 5.92 Å². The van der Waals surface area contributed by atoms with Gasteiger partial charge in [0, 0.05) is 46.3 Å². The van der Waals surface area contributed by atoms with E-state index in [0.717, 1.165) is 52.2 Å². The summed E-state index contributed by atoms with van der Waals surface area (Å²) >= 11 is 0. The van der Waals surface area contributed by atoms with Crippen LogP contribution in [0.4, 0.5) is 16.2 Å². The molecule has 2 saturated heterocycles. The van der Waals surface area contributed by atoms with Crippen molar-refractivity contribution in [3.63, 3.8) is 0 Å². The SMILES string of the molecule is CC(C1CCN(c2ncc(F)c(N(C)C)n2)CC1)N1CCOCC1. The van der Waals surface area contributed by atoms with Gasteiger partial charge in [0.25, 0.3) is 0 Å². The number of piperidine rings is 1. The molecule has 3 heterocycles. The Labute approximate surface area is 143 Å². The lowest BCUT2D eigenvalue weighted by Gasteiger charge is -2.41. The standard InChI is InChI=1S/C17H28FN5O/c1-13(22-8-10-24-11-9-22)14-4-6-23(7-5-14)17-19-12-15(18)16(20-17)21(2)3/h12-14H,4-11H2,1-3H3. The molecule has 6 nitrogen and oxygen atoms in total. The summed E-state index contributed by atoms with van der Waals surface area (Å²) in [6.07, 6.45) is 3.52. The van der Waals surface area contributed by atoms with E-state index in [1.807, 2.05) is 0 Å². The highest BCUT2D eigenvalue weighted by atomic mass is 19.1. The lowest BCUT2D eigenvalue weighted by molar-refractivity contribution is 0.00446. The van der Waals surface area contributed by atoms with Crippen molar-refractivity contribution < 1.29 is 9.13 Å². The van der Waals surface area contributed by atoms with E-state index < -0.39 is 0 Å². The maximum Gasteiger partial charge on any atom is 0.227 e. The van der Waals surface area contributed by atoms with Crippen molar-refractivity contribution in [1.29, 1.82) is 0 Å². The second-order valence-electron chi connectivity index (χ2n) is 6.95. The molecular weight excluding hydrogens is 309 g/mol. The average molecular weight is 337 g/mol. The van der Waals surface area contributed by atoms with Gasteiger partial charge < -0.3 is 14.5 Å². The predicted octanol–water partition coefficient (Wildman–Crippen LogP) is 1.62. The van der Waals surface area contributed by atoms with E-state index in [1.165, 1.54) is 6.20 Å². The fraction of sp³-hybridized carbons (Fsp3) is 0.765. The van der Waals surface area contributed by atoms with E-state index >= 15 is 0 Å². The summed E-state index contributed by atoms with van der Waals surface area (Å²) in [6, 6.07) is 0.586. The zero-order valence-electron chi connectivity index (χ0n) is 14.9. The Kier molecular flexibility index (Phi) is 5.50. The molecule has 0 amide bonds. The van der Waals surface area contributed by atoms with Gasteiger partial charge >= 0.3 is 0 Å². The van der Waals surface area contributed by atoms with Gasteiger partial charge in [0.05, 0.1) is 19.4 Å². The Morgan fingerprint density at radius 1 is 1.21 bits per heavy atom. The summed E-state index contributed by atoms with van der Waals surface area (Å²) in [5.74, 6) is 1.30. The number of hydrogen-bond donors (Lipinski definition) is 0. The van der Waals surface area contributed by atoms with Gasteiger partial charge in [-0.2, -0.15) is 4.98 Å². The van der Waals surface area contributed by atoms with Gasteiger partial charge in [0.1, 0.15) is 0 Å². The summed E-state index contributed by atoms with van der Waals surface area (Å²) in [6.45, 7) is 7.96. The van der Waals surface area contributed by atoms with Crippen LogP contribution in [0.5, 0.6) is 0 Å². The van der Waals surface area contributed by atoms with Crippen LogP contribution in [0.25, 0.3) is 0 Å². The molecule has 24 heavy (non-hydrogen) atoms. The number of anilines is 2. The molecule has 134 valence electrons. The lowest BCUT2D eigenvalue weighted by atomic mass is 9.89. The molecule has 3 rings (SSSR count). The molecule has 1 atom stereocenters. The Hall–Kier alpha value is -1.47. The normalized spacial score (nSPS) is 21.8. The summed E-state index contributed by atoms with van der Waals surface area (Å²) in [5, 5.41) is 0. The first-order chi connectivity index (χ1) is 11.6. The third-order valence-electron chi connectivity index (χ3n) is 5.26. The van der Waals surface area contributed by atoms with Gasteiger partial charge in [-0.1, -0.05) is 0 Å². The zero-order valence-corrected chi connectivity index (χ0v) is 14.9. The molecule has 0 N–H and O–H groups in total. The van der Waals surface area contributed by atoms with E-state index in [9.17, 15) is 4.39 Å². The van der Waals surface area contributed by atoms with E-state index in [-0.39, 0.29) is 5.82 Å². The number of aromatic nitrogens is 2. The molecular formula is C17H28FN5O. The number of halogens is 1. The number of nitrogens with zero attached hydrogens (tertiary/aromatic N) is 5. The van der Waals surface area contributed by atoms with Gasteiger partial charge in [-0.05, 0) is 25.7 Å². The maximum atomic E-state index is 13.8. The van der Waals surface area contributed by atoms with E-state index in [2.05, 4.69) is 26.7 Å². The van der Waals surface area contributed by atoms with Gasteiger partial charge in [-0.25, -0.2) is 9.37 Å². The first-order valence-electron chi connectivity index (χ1n) is 8.83. The van der Waals surface area contributed by atoms with Crippen LogP contribution >= 0.6 is 0 Å². The maximum absolute atomic E-state index is 13.8. The highest BCUT2D eigenvalue weighted by Crippen LogP contribution is 2.27. The number of rotatable bonds is 4. The van der Waals surface area contributed by atoms with Crippen LogP contribution in [0.15, 0.2) is 6.20 Å². The van der Waals surface area contributed by atoms with Crippen LogP contribution < -0.4 is 9.80 Å². The van der Waals surface area contributed by atoms with Gasteiger partial charge in [-0.15, -0.1) is 0 Å². The summed E-state index contributed by atoms with van der Waals surface area (Å²) in [4.78, 5) is 15.0. The van der Waals surface area contributed by atoms with Gasteiger partial charge in [-0.3, -0.25) is 4.90 Å². The molecule has 0 bridgehead atoms. The minimum atomic E-state index is -0.375. The summed E-state index contributed by atoms with van der Waals surface area (Å²) < 4.78 is 19.2. The molecule has 1 unspecified atom stereocenters. The quantitative estimate of drug-likeness (QED) is 0.832. The number of hydrogen-bond acceptors (Lipinski definition) is 6. The third kappa shape index (κ3) is 3.78. The zero-order chi connectivity index (χ0) is 17.1. The van der Waals surface area contributed by atoms with E-state index in [4.69, 9.17) is 4.74 Å². The largest absolute Gasteiger partial charge is 0.379 e. The molecule has 7 heteroatoms. The van der Waals surface area contributed by atoms with Gasteiger partial charge in [0.2, 0.25) is 5.95 Å². The molecule has 1 aromatic rings. The Bertz CT molecular complexity index is 542. The second kappa shape index (κ2) is 7.61. The van der Waals surface area contributed by atoms with Crippen LogP contribution in [0.1, 0.15) is 19.8 Å². The molecule has 0 radical (unpaired) electrons. The van der Waals surface area contributed by atoms with E-state index in [0.29, 0.717) is 23.7 Å². The number of ether oxygens (including phenoxy) is 1. The molecule has 2 fully saturated rings. The Morgan fingerprint density at radius 3 is 2.50 bits per heavy atom. The highest BCUT2D eigenvalue weighted by Gasteiger charge is 2.29. The fourth-order valence-electron chi connectivity index (χ4n) is 3.68. The topological polar surface area (TPSA) is 44.7 Å². The molecule has 2 aliphatic heterocycles. The van der Waals surface area contributed by atoms with Crippen molar-refractivity contribution in [2.75, 3.05) is 63.3 Å². The molecule has 0 aliphatic carbocycles. The van der Waals surface area contributed by atoms with Crippen LogP contribution in [-0.2, 0) is 4.74 Å². The lowest BCUT2D eigenvalue weighted by Crippen LogP contribution is -2.48. The van der Waals surface area contributed by atoms with Gasteiger partial charge in [0.15, 0.2) is 11.6 Å². The van der Waals surface area contributed by atoms with Crippen molar-refractivity contribution >= 4 is 11.8 Å². The van der Waals surface area contributed by atoms with E-state index in [1.54, 1.807) is 19.0 Å². The predicted molar refractivity (Wildman–Crippen MR) is 93.1 cm³/mol. The Balaban J connectivity index is 1.59. The van der Waals surface area contributed by atoms with Crippen LogP contribution in [0.2, 0.25) is 0 Å². The van der Waals surface area contributed by atoms with Crippen molar-refractivity contribution in [3.05, 3.63) is 12.0 Å². The summed E-state index contributed by atoms with van der Waals surface area (Å²) in [7, 11) is 3.59. The van der Waals surface area contributed by atoms with Crippen LogP contribution in [0, 0.1) is 11.7 Å². The minimum Gasteiger partial charge on any atom is -0.379 e. The fourth-order valence-corrected chi connectivity index (χ4v) is 3.68. The van der Waals surface area contributed by atoms with Crippen molar-refractivity contribution in [2.45, 2.75) is 25.8 Å². The average Bonchev–Trinajstić information content (AvgIpc) is 2.62. The highest BCUT2D eigenvalue weighted by molar-refractivity contribution is 5.43. The third-order valence-corrected chi connectivity index (χ3v) is 5.26. The Morgan fingerprint density at radius 2 is 1.88 bits per heavy atom. The monoisotopic (exact) mass is 337 g/mol.